The van der Waals surface area contributed by atoms with Gasteiger partial charge in [-0.2, -0.15) is 0 Å². The molecule has 16 heavy (non-hydrogen) atoms. The van der Waals surface area contributed by atoms with Crippen molar-refractivity contribution < 1.29 is 25.4 Å². The molecule has 100 valence electrons. The zero-order chi connectivity index (χ0) is 12.7. The second-order valence-electron chi connectivity index (χ2n) is 2.66. The Morgan fingerprint density at radius 2 is 1.69 bits per heavy atom. The number of carbonyl (C=O) groups is 1. The number of nitrogens with zero attached hydrogens (tertiary/aromatic N) is 1. The van der Waals surface area contributed by atoms with Crippen LogP contribution in [0.1, 0.15) is 39.5 Å². The van der Waals surface area contributed by atoms with E-state index in [1.165, 1.54) is 0 Å². The van der Waals surface area contributed by atoms with Crippen molar-refractivity contribution in [3.8, 4) is 0 Å². The Kier molecular flexibility index (Phi) is 35.5. The Labute approximate surface area is 95.6 Å². The number of unbranched alkanes of at least 4 members (excludes halogenated alkanes) is 1. The fraction of sp³-hybridized carbons (Fsp3) is 0.889. The van der Waals surface area contributed by atoms with Gasteiger partial charge in [0.2, 0.25) is 0 Å². The summed E-state index contributed by atoms with van der Waals surface area (Å²) >= 11 is 0. The van der Waals surface area contributed by atoms with Crippen LogP contribution in [0, 0.1) is 10.1 Å². The molecule has 7 nitrogen and oxygen atoms in total. The van der Waals surface area contributed by atoms with E-state index >= 15 is 0 Å². The lowest BCUT2D eigenvalue weighted by Crippen LogP contribution is -1.90. The molecule has 0 saturated heterocycles. The summed E-state index contributed by atoms with van der Waals surface area (Å²) in [5.41, 5.74) is 0. The molecule has 0 saturated carbocycles. The molecule has 0 unspecified atom stereocenters. The third-order valence-electron chi connectivity index (χ3n) is 0.976. The fourth-order valence-electron chi connectivity index (χ4n) is 0.372. The SMILES string of the molecule is CCCC(=O)O.CCCCO.C[N+](=O)[O-].O. The van der Waals surface area contributed by atoms with Crippen molar-refractivity contribution >= 4 is 5.97 Å². The maximum Gasteiger partial charge on any atom is 0.303 e. The van der Waals surface area contributed by atoms with Gasteiger partial charge in [0.05, 0.1) is 0 Å². The van der Waals surface area contributed by atoms with E-state index in [-0.39, 0.29) is 5.48 Å². The van der Waals surface area contributed by atoms with E-state index in [1.807, 2.05) is 6.92 Å². The minimum atomic E-state index is -0.711. The number of aliphatic carboxylic acids is 1. The molecule has 0 heterocycles. The summed E-state index contributed by atoms with van der Waals surface area (Å²) in [5, 5.41) is 24.8. The summed E-state index contributed by atoms with van der Waals surface area (Å²) < 4.78 is 0. The zero-order valence-corrected chi connectivity index (χ0v) is 10.1. The standard InChI is InChI=1S/C4H8O2.C4H10O.CH3NO2.H2O/c1-2-3-4(5)6;1-2-3-4-5;1-2(3)4;/h2-3H2,1H3,(H,5,6);5H,2-4H2,1H3;1H3;1H2. The Bertz CT molecular complexity index is 145. The third kappa shape index (κ3) is 124. The minimum absolute atomic E-state index is 0. The highest BCUT2D eigenvalue weighted by molar-refractivity contribution is 5.66. The quantitative estimate of drug-likeness (QED) is 0.552. The predicted octanol–water partition coefficient (Wildman–Crippen LogP) is 0.718. The normalized spacial score (nSPS) is 7.25. The first-order chi connectivity index (χ1) is 6.92. The van der Waals surface area contributed by atoms with Crippen LogP contribution in [0.25, 0.3) is 0 Å². The summed E-state index contributed by atoms with van der Waals surface area (Å²) in [6, 6.07) is 0. The Hall–Kier alpha value is -1.21. The highest BCUT2D eigenvalue weighted by Crippen LogP contribution is 1.82. The van der Waals surface area contributed by atoms with E-state index in [2.05, 4.69) is 6.92 Å². The number of hydrogen-bond acceptors (Lipinski definition) is 4. The third-order valence-corrected chi connectivity index (χ3v) is 0.976. The number of carboxylic acid groups (broad SMARTS) is 1. The van der Waals surface area contributed by atoms with Crippen LogP contribution in [0.4, 0.5) is 0 Å². The molecule has 0 fully saturated rings. The molecule has 0 bridgehead atoms. The van der Waals surface area contributed by atoms with Crippen LogP contribution in [0.15, 0.2) is 0 Å². The second-order valence-corrected chi connectivity index (χ2v) is 2.66. The van der Waals surface area contributed by atoms with Crippen LogP contribution in [0.3, 0.4) is 0 Å². The van der Waals surface area contributed by atoms with Gasteiger partial charge in [-0.1, -0.05) is 20.3 Å². The van der Waals surface area contributed by atoms with Crippen LogP contribution in [-0.4, -0.2) is 40.2 Å². The first kappa shape index (κ1) is 24.2. The number of rotatable bonds is 4. The molecule has 0 aliphatic heterocycles. The summed E-state index contributed by atoms with van der Waals surface area (Å²) in [7, 11) is 0.889. The molecule has 0 aromatic rings. The summed E-state index contributed by atoms with van der Waals surface area (Å²) in [5.74, 6) is -0.711. The van der Waals surface area contributed by atoms with Gasteiger partial charge in [-0.15, -0.1) is 0 Å². The predicted molar refractivity (Wildman–Crippen MR) is 61.1 cm³/mol. The monoisotopic (exact) mass is 241 g/mol. The molecule has 0 atom stereocenters. The van der Waals surface area contributed by atoms with Crippen molar-refractivity contribution in [3.63, 3.8) is 0 Å². The first-order valence-electron chi connectivity index (χ1n) is 4.82. The van der Waals surface area contributed by atoms with E-state index in [0.717, 1.165) is 26.3 Å². The van der Waals surface area contributed by atoms with E-state index in [9.17, 15) is 4.79 Å². The van der Waals surface area contributed by atoms with Crippen LogP contribution < -0.4 is 0 Å². The molecule has 0 aliphatic rings. The van der Waals surface area contributed by atoms with Crippen LogP contribution >= 0.6 is 0 Å². The van der Waals surface area contributed by atoms with Gasteiger partial charge in [0.1, 0.15) is 0 Å². The number of hydrogen-bond donors (Lipinski definition) is 2. The van der Waals surface area contributed by atoms with Gasteiger partial charge in [0.25, 0.3) is 0 Å². The van der Waals surface area contributed by atoms with Crippen molar-refractivity contribution in [2.24, 2.45) is 0 Å². The topological polar surface area (TPSA) is 132 Å². The maximum atomic E-state index is 9.60. The molecule has 7 heteroatoms. The molecule has 0 aromatic heterocycles. The van der Waals surface area contributed by atoms with Crippen molar-refractivity contribution in [2.75, 3.05) is 13.7 Å². The molecule has 0 aromatic carbocycles. The van der Waals surface area contributed by atoms with Gasteiger partial charge in [0.15, 0.2) is 7.05 Å². The van der Waals surface area contributed by atoms with Crippen molar-refractivity contribution in [2.45, 2.75) is 39.5 Å². The molecule has 4 N–H and O–H groups in total. The Morgan fingerprint density at radius 1 is 1.31 bits per heavy atom. The largest absolute Gasteiger partial charge is 0.481 e. The van der Waals surface area contributed by atoms with E-state index in [4.69, 9.17) is 20.3 Å². The second kappa shape index (κ2) is 23.5. The molecule has 0 amide bonds. The highest BCUT2D eigenvalue weighted by atomic mass is 16.6. The van der Waals surface area contributed by atoms with Gasteiger partial charge in [-0.25, -0.2) is 0 Å². The summed E-state index contributed by atoms with van der Waals surface area (Å²) in [6.07, 6.45) is 3.06. The van der Waals surface area contributed by atoms with Crippen molar-refractivity contribution in [1.82, 2.24) is 0 Å². The van der Waals surface area contributed by atoms with Gasteiger partial charge in [0, 0.05) is 18.0 Å². The number of aliphatic hydroxyl groups excluding tert-OH is 1. The maximum absolute atomic E-state index is 9.60. The minimum Gasteiger partial charge on any atom is -0.481 e. The average Bonchev–Trinajstić information content (AvgIpc) is 2.05. The van der Waals surface area contributed by atoms with E-state index in [0.29, 0.717) is 13.0 Å². The highest BCUT2D eigenvalue weighted by Gasteiger charge is 1.87. The van der Waals surface area contributed by atoms with Crippen molar-refractivity contribution in [1.29, 1.82) is 0 Å². The van der Waals surface area contributed by atoms with Crippen molar-refractivity contribution in [3.05, 3.63) is 10.1 Å². The van der Waals surface area contributed by atoms with Crippen LogP contribution in [0.5, 0.6) is 0 Å². The molecule has 0 rings (SSSR count). The lowest BCUT2D eigenvalue weighted by molar-refractivity contribution is -0.445. The van der Waals surface area contributed by atoms with Gasteiger partial charge in [-0.3, -0.25) is 14.9 Å². The smallest absolute Gasteiger partial charge is 0.303 e. The summed E-state index contributed by atoms with van der Waals surface area (Å²) in [4.78, 5) is 17.9. The van der Waals surface area contributed by atoms with Crippen LogP contribution in [-0.2, 0) is 4.79 Å². The van der Waals surface area contributed by atoms with Gasteiger partial charge >= 0.3 is 5.97 Å². The zero-order valence-electron chi connectivity index (χ0n) is 10.1. The number of carboxylic acids is 1. The molecular formula is C9H23NO6. The van der Waals surface area contributed by atoms with Gasteiger partial charge in [-0.05, 0) is 12.8 Å². The molecule has 0 spiro atoms. The first-order valence-corrected chi connectivity index (χ1v) is 4.82. The molecule has 0 radical (unpaired) electrons. The number of aliphatic hydroxyl groups is 1. The lowest BCUT2D eigenvalue weighted by Gasteiger charge is -1.79. The van der Waals surface area contributed by atoms with Crippen LogP contribution in [0.2, 0.25) is 0 Å². The summed E-state index contributed by atoms with van der Waals surface area (Å²) in [6.45, 7) is 4.24. The lowest BCUT2D eigenvalue weighted by atomic mass is 10.4. The molecular weight excluding hydrogens is 218 g/mol. The molecule has 0 aliphatic carbocycles. The number of nitro groups is 1. The Balaban J connectivity index is -0.0000000668. The average molecular weight is 241 g/mol. The fourth-order valence-corrected chi connectivity index (χ4v) is 0.372. The van der Waals surface area contributed by atoms with E-state index in [1.54, 1.807) is 0 Å². The van der Waals surface area contributed by atoms with Gasteiger partial charge < -0.3 is 15.7 Å². The van der Waals surface area contributed by atoms with E-state index < -0.39 is 10.9 Å². The Morgan fingerprint density at radius 3 is 1.69 bits per heavy atom.